The summed E-state index contributed by atoms with van der Waals surface area (Å²) in [4.78, 5) is 11.7. The Bertz CT molecular complexity index is 373. The number of alkyl halides is 1. The van der Waals surface area contributed by atoms with Crippen molar-refractivity contribution in [1.29, 1.82) is 0 Å². The molecule has 2 nitrogen and oxygen atoms in total. The second-order valence-electron chi connectivity index (χ2n) is 4.20. The maximum absolute atomic E-state index is 13.1. The topological polar surface area (TPSA) is 29.1 Å². The van der Waals surface area contributed by atoms with Crippen LogP contribution in [0.5, 0.6) is 0 Å². The molecule has 0 fully saturated rings. The van der Waals surface area contributed by atoms with E-state index in [1.807, 2.05) is 6.92 Å². The number of nitrogens with one attached hydrogen (secondary N) is 1. The lowest BCUT2D eigenvalue weighted by Crippen LogP contribution is -2.25. The lowest BCUT2D eigenvalue weighted by Gasteiger charge is -2.07. The van der Waals surface area contributed by atoms with Crippen molar-refractivity contribution in [2.24, 2.45) is 0 Å². The zero-order valence-electron chi connectivity index (χ0n) is 10.1. The second kappa shape index (κ2) is 6.60. The zero-order valence-corrected chi connectivity index (χ0v) is 10.9. The number of benzene rings is 1. The fraction of sp³-hybridized carbons (Fsp3) is 0.462. The highest BCUT2D eigenvalue weighted by molar-refractivity contribution is 6.20. The van der Waals surface area contributed by atoms with E-state index >= 15 is 0 Å². The molecule has 0 spiro atoms. The van der Waals surface area contributed by atoms with Gasteiger partial charge in [0.2, 0.25) is 0 Å². The third kappa shape index (κ3) is 5.18. The number of aryl methyl sites for hydroxylation is 1. The molecule has 1 aromatic rings. The van der Waals surface area contributed by atoms with Gasteiger partial charge in [-0.2, -0.15) is 0 Å². The predicted molar refractivity (Wildman–Crippen MR) is 68.0 cm³/mol. The summed E-state index contributed by atoms with van der Waals surface area (Å²) in [7, 11) is 0. The average Bonchev–Trinajstić information content (AvgIpc) is 2.22. The van der Waals surface area contributed by atoms with E-state index in [0.29, 0.717) is 12.1 Å². The third-order valence-corrected chi connectivity index (χ3v) is 2.59. The number of hydrogen-bond acceptors (Lipinski definition) is 1. The van der Waals surface area contributed by atoms with Crippen LogP contribution in [0.2, 0.25) is 0 Å². The summed E-state index contributed by atoms with van der Waals surface area (Å²) < 4.78 is 13.1. The highest BCUT2D eigenvalue weighted by Gasteiger charge is 2.07. The molecule has 0 heterocycles. The van der Waals surface area contributed by atoms with Crippen LogP contribution < -0.4 is 5.32 Å². The van der Waals surface area contributed by atoms with Crippen LogP contribution in [0.25, 0.3) is 0 Å². The second-order valence-corrected chi connectivity index (χ2v) is 4.94. The van der Waals surface area contributed by atoms with Gasteiger partial charge in [-0.1, -0.05) is 0 Å². The van der Waals surface area contributed by atoms with Gasteiger partial charge >= 0.3 is 0 Å². The Morgan fingerprint density at radius 2 is 2.18 bits per heavy atom. The summed E-state index contributed by atoms with van der Waals surface area (Å²) in [5.74, 6) is -0.626. The van der Waals surface area contributed by atoms with Gasteiger partial charge in [-0.25, -0.2) is 4.39 Å². The lowest BCUT2D eigenvalue weighted by molar-refractivity contribution is 0.0952. The minimum Gasteiger partial charge on any atom is -0.352 e. The summed E-state index contributed by atoms with van der Waals surface area (Å²) in [6.07, 6.45) is 1.68. The minimum atomic E-state index is -0.385. The molecule has 94 valence electrons. The Labute approximate surface area is 106 Å². The summed E-state index contributed by atoms with van der Waals surface area (Å²) in [6, 6.07) is 4.31. The summed E-state index contributed by atoms with van der Waals surface area (Å²) in [5, 5.41) is 2.86. The largest absolute Gasteiger partial charge is 0.352 e. The van der Waals surface area contributed by atoms with Gasteiger partial charge < -0.3 is 5.32 Å². The molecule has 1 N–H and O–H groups in total. The summed E-state index contributed by atoms with van der Waals surface area (Å²) in [6.45, 7) is 4.24. The van der Waals surface area contributed by atoms with Gasteiger partial charge in [0.15, 0.2) is 0 Å². The van der Waals surface area contributed by atoms with Crippen LogP contribution in [0.4, 0.5) is 4.39 Å². The Balaban J connectivity index is 2.47. The van der Waals surface area contributed by atoms with Gasteiger partial charge in [-0.05, 0) is 50.5 Å². The minimum absolute atomic E-state index is 0.114. The number of carbonyl (C=O) groups excluding carboxylic acids is 1. The first-order chi connectivity index (χ1) is 7.99. The first kappa shape index (κ1) is 14.0. The Morgan fingerprint density at radius 3 is 2.76 bits per heavy atom. The SMILES string of the molecule is Cc1cc(F)cc(C(=O)NCCCC(C)Cl)c1. The lowest BCUT2D eigenvalue weighted by atomic mass is 10.1. The number of halogens is 2. The quantitative estimate of drug-likeness (QED) is 0.637. The van der Waals surface area contributed by atoms with E-state index in [1.165, 1.54) is 12.1 Å². The molecule has 0 saturated heterocycles. The summed E-state index contributed by atoms with van der Waals surface area (Å²) >= 11 is 5.79. The Morgan fingerprint density at radius 1 is 1.47 bits per heavy atom. The third-order valence-electron chi connectivity index (χ3n) is 2.37. The van der Waals surface area contributed by atoms with Crippen molar-refractivity contribution >= 4 is 17.5 Å². The van der Waals surface area contributed by atoms with Gasteiger partial charge in [0.1, 0.15) is 5.82 Å². The Kier molecular flexibility index (Phi) is 5.42. The number of carbonyl (C=O) groups is 1. The first-order valence-corrected chi connectivity index (χ1v) is 6.12. The van der Waals surface area contributed by atoms with E-state index in [-0.39, 0.29) is 17.1 Å². The maximum atomic E-state index is 13.1. The monoisotopic (exact) mass is 257 g/mol. The molecule has 0 aliphatic carbocycles. The van der Waals surface area contributed by atoms with Crippen LogP contribution in [0.1, 0.15) is 35.7 Å². The molecule has 1 unspecified atom stereocenters. The molecular weight excluding hydrogens is 241 g/mol. The van der Waals surface area contributed by atoms with Crippen LogP contribution in [0, 0.1) is 12.7 Å². The standard InChI is InChI=1S/C13H17ClFNO/c1-9-6-11(8-12(15)7-9)13(17)16-5-3-4-10(2)14/h6-8,10H,3-5H2,1-2H3,(H,16,17). The first-order valence-electron chi connectivity index (χ1n) is 5.68. The number of rotatable bonds is 5. The molecule has 1 rings (SSSR count). The normalized spacial score (nSPS) is 12.2. The van der Waals surface area contributed by atoms with Crippen LogP contribution in [0.3, 0.4) is 0 Å². The van der Waals surface area contributed by atoms with E-state index in [9.17, 15) is 9.18 Å². The fourth-order valence-corrected chi connectivity index (χ4v) is 1.71. The molecule has 0 radical (unpaired) electrons. The van der Waals surface area contributed by atoms with E-state index in [0.717, 1.165) is 18.4 Å². The van der Waals surface area contributed by atoms with Gasteiger partial charge in [0, 0.05) is 17.5 Å². The van der Waals surface area contributed by atoms with Gasteiger partial charge in [-0.3, -0.25) is 4.79 Å². The van der Waals surface area contributed by atoms with Crippen LogP contribution in [0.15, 0.2) is 18.2 Å². The number of hydrogen-bond donors (Lipinski definition) is 1. The zero-order chi connectivity index (χ0) is 12.8. The van der Waals surface area contributed by atoms with Crippen LogP contribution in [-0.2, 0) is 0 Å². The summed E-state index contributed by atoms with van der Waals surface area (Å²) in [5.41, 5.74) is 1.10. The maximum Gasteiger partial charge on any atom is 0.251 e. The van der Waals surface area contributed by atoms with Crippen molar-refractivity contribution in [2.75, 3.05) is 6.54 Å². The van der Waals surface area contributed by atoms with Gasteiger partial charge in [0.25, 0.3) is 5.91 Å². The van der Waals surface area contributed by atoms with Gasteiger partial charge in [-0.15, -0.1) is 11.6 Å². The molecule has 17 heavy (non-hydrogen) atoms. The van der Waals surface area contributed by atoms with Crippen LogP contribution in [-0.4, -0.2) is 17.8 Å². The molecule has 4 heteroatoms. The average molecular weight is 258 g/mol. The van der Waals surface area contributed by atoms with E-state index in [4.69, 9.17) is 11.6 Å². The molecule has 0 aromatic heterocycles. The molecule has 1 amide bonds. The van der Waals surface area contributed by atoms with Crippen molar-refractivity contribution in [2.45, 2.75) is 32.1 Å². The van der Waals surface area contributed by atoms with Crippen molar-refractivity contribution in [3.8, 4) is 0 Å². The van der Waals surface area contributed by atoms with E-state index in [2.05, 4.69) is 5.32 Å². The van der Waals surface area contributed by atoms with Gasteiger partial charge in [0.05, 0.1) is 0 Å². The molecule has 0 bridgehead atoms. The van der Waals surface area contributed by atoms with Crippen molar-refractivity contribution < 1.29 is 9.18 Å². The molecule has 0 saturated carbocycles. The number of amides is 1. The molecule has 0 aliphatic heterocycles. The van der Waals surface area contributed by atoms with Crippen molar-refractivity contribution in [3.63, 3.8) is 0 Å². The molecule has 0 aliphatic rings. The van der Waals surface area contributed by atoms with E-state index < -0.39 is 0 Å². The van der Waals surface area contributed by atoms with Crippen LogP contribution >= 0.6 is 11.6 Å². The highest BCUT2D eigenvalue weighted by atomic mass is 35.5. The molecular formula is C13H17ClFNO. The Hall–Kier alpha value is -1.09. The molecule has 1 aromatic carbocycles. The highest BCUT2D eigenvalue weighted by Crippen LogP contribution is 2.08. The predicted octanol–water partition coefficient (Wildman–Crippen LogP) is 3.27. The van der Waals surface area contributed by atoms with E-state index in [1.54, 1.807) is 13.0 Å². The van der Waals surface area contributed by atoms with Crippen molar-refractivity contribution in [3.05, 3.63) is 35.1 Å². The molecule has 1 atom stereocenters. The smallest absolute Gasteiger partial charge is 0.251 e. The fourth-order valence-electron chi connectivity index (χ4n) is 1.55. The van der Waals surface area contributed by atoms with Crippen molar-refractivity contribution in [1.82, 2.24) is 5.32 Å².